The van der Waals surface area contributed by atoms with Gasteiger partial charge in [0.1, 0.15) is 16.0 Å². The number of aromatic carboxylic acids is 1. The molecule has 2 rings (SSSR count). The van der Waals surface area contributed by atoms with E-state index in [0.717, 1.165) is 11.3 Å². The summed E-state index contributed by atoms with van der Waals surface area (Å²) in [6, 6.07) is 0. The molecule has 0 aliphatic heterocycles. The number of carbonyl (C=O) groups is 1. The van der Waals surface area contributed by atoms with Crippen molar-refractivity contribution in [1.82, 2.24) is 9.97 Å². The maximum Gasteiger partial charge on any atom is 0.348 e. The number of thiophene rings is 1. The summed E-state index contributed by atoms with van der Waals surface area (Å²) in [5.74, 6) is -1.02. The van der Waals surface area contributed by atoms with Gasteiger partial charge < -0.3 is 10.8 Å². The topological polar surface area (TPSA) is 89.1 Å². The number of hydrogen-bond donors (Lipinski definition) is 2. The number of hydrogen-bond acceptors (Lipinski definition) is 5. The fourth-order valence-corrected chi connectivity index (χ4v) is 2.22. The van der Waals surface area contributed by atoms with E-state index in [1.54, 1.807) is 6.92 Å². The fraction of sp³-hybridized carbons (Fsp3) is 0.125. The van der Waals surface area contributed by atoms with Crippen molar-refractivity contribution in [2.75, 3.05) is 5.73 Å². The zero-order valence-corrected chi connectivity index (χ0v) is 8.13. The van der Waals surface area contributed by atoms with Crippen molar-refractivity contribution < 1.29 is 9.90 Å². The molecule has 0 aromatic carbocycles. The summed E-state index contributed by atoms with van der Waals surface area (Å²) in [7, 11) is 0. The minimum absolute atomic E-state index is 0.128. The van der Waals surface area contributed by atoms with E-state index >= 15 is 0 Å². The zero-order valence-electron chi connectivity index (χ0n) is 7.31. The van der Waals surface area contributed by atoms with Crippen LogP contribution in [0.25, 0.3) is 10.2 Å². The molecule has 0 amide bonds. The standard InChI is InChI=1S/C8H7N3O2S/c1-3-4-5(9)6(8(12)13)14-7(4)11-2-10-3/h2H,9H2,1H3,(H,12,13). The van der Waals surface area contributed by atoms with Crippen LogP contribution in [-0.2, 0) is 0 Å². The number of anilines is 1. The van der Waals surface area contributed by atoms with Crippen LogP contribution in [0, 0.1) is 6.92 Å². The summed E-state index contributed by atoms with van der Waals surface area (Å²) in [5.41, 5.74) is 6.66. The Bertz CT molecular complexity index is 521. The Labute approximate surface area is 83.2 Å². The zero-order chi connectivity index (χ0) is 10.3. The van der Waals surface area contributed by atoms with Crippen LogP contribution >= 0.6 is 11.3 Å². The first-order valence-corrected chi connectivity index (χ1v) is 4.65. The Hall–Kier alpha value is -1.69. The van der Waals surface area contributed by atoms with Crippen LogP contribution in [0.2, 0.25) is 0 Å². The van der Waals surface area contributed by atoms with Gasteiger partial charge in [-0.05, 0) is 6.92 Å². The van der Waals surface area contributed by atoms with Gasteiger partial charge in [0.25, 0.3) is 0 Å². The van der Waals surface area contributed by atoms with Crippen molar-refractivity contribution in [3.63, 3.8) is 0 Å². The van der Waals surface area contributed by atoms with Gasteiger partial charge in [-0.3, -0.25) is 0 Å². The lowest BCUT2D eigenvalue weighted by Crippen LogP contribution is -1.97. The lowest BCUT2D eigenvalue weighted by molar-refractivity contribution is 0.0703. The third-order valence-corrected chi connectivity index (χ3v) is 3.01. The number of carboxylic acids is 1. The molecule has 0 spiro atoms. The number of rotatable bonds is 1. The summed E-state index contributed by atoms with van der Waals surface area (Å²) in [4.78, 5) is 19.5. The molecule has 0 aliphatic rings. The van der Waals surface area contributed by atoms with E-state index in [0.29, 0.717) is 15.9 Å². The predicted octanol–water partition coefficient (Wildman–Crippen LogP) is 1.28. The number of aryl methyl sites for hydroxylation is 1. The molecule has 0 radical (unpaired) electrons. The van der Waals surface area contributed by atoms with E-state index in [2.05, 4.69) is 9.97 Å². The molecular formula is C8H7N3O2S. The van der Waals surface area contributed by atoms with Crippen molar-refractivity contribution in [2.45, 2.75) is 6.92 Å². The molecular weight excluding hydrogens is 202 g/mol. The van der Waals surface area contributed by atoms with E-state index in [4.69, 9.17) is 10.8 Å². The number of fused-ring (bicyclic) bond motifs is 1. The third-order valence-electron chi connectivity index (χ3n) is 1.91. The van der Waals surface area contributed by atoms with Gasteiger partial charge in [-0.1, -0.05) is 0 Å². The molecule has 0 fully saturated rings. The average molecular weight is 209 g/mol. The first-order chi connectivity index (χ1) is 6.61. The highest BCUT2D eigenvalue weighted by atomic mass is 32.1. The molecule has 6 heteroatoms. The number of nitrogens with two attached hydrogens (primary N) is 1. The smallest absolute Gasteiger partial charge is 0.348 e. The Kier molecular flexibility index (Phi) is 1.85. The molecule has 0 saturated heterocycles. The van der Waals surface area contributed by atoms with E-state index in [-0.39, 0.29) is 10.6 Å². The van der Waals surface area contributed by atoms with Gasteiger partial charge in [0, 0.05) is 0 Å². The Morgan fingerprint density at radius 1 is 1.57 bits per heavy atom. The number of carboxylic acid groups (broad SMARTS) is 1. The largest absolute Gasteiger partial charge is 0.477 e. The normalized spacial score (nSPS) is 10.6. The summed E-state index contributed by atoms with van der Waals surface area (Å²) in [6.07, 6.45) is 1.40. The van der Waals surface area contributed by atoms with Crippen molar-refractivity contribution in [3.05, 3.63) is 16.9 Å². The van der Waals surface area contributed by atoms with Gasteiger partial charge in [0.05, 0.1) is 16.8 Å². The van der Waals surface area contributed by atoms with Crippen LogP contribution in [0.4, 0.5) is 5.69 Å². The summed E-state index contributed by atoms with van der Waals surface area (Å²) < 4.78 is 0. The second-order valence-electron chi connectivity index (χ2n) is 2.79. The Balaban J connectivity index is 2.87. The molecule has 2 heterocycles. The van der Waals surface area contributed by atoms with Crippen LogP contribution in [0.5, 0.6) is 0 Å². The number of nitrogen functional groups attached to an aromatic ring is 1. The highest BCUT2D eigenvalue weighted by molar-refractivity contribution is 7.21. The molecule has 0 aliphatic carbocycles. The van der Waals surface area contributed by atoms with Crippen LogP contribution in [-0.4, -0.2) is 21.0 Å². The summed E-state index contributed by atoms with van der Waals surface area (Å²) in [6.45, 7) is 1.78. The molecule has 0 unspecified atom stereocenters. The monoisotopic (exact) mass is 209 g/mol. The number of aromatic nitrogens is 2. The van der Waals surface area contributed by atoms with Crippen LogP contribution in [0.15, 0.2) is 6.33 Å². The summed E-state index contributed by atoms with van der Waals surface area (Å²) >= 11 is 1.07. The molecule has 2 aromatic heterocycles. The van der Waals surface area contributed by atoms with Gasteiger partial charge >= 0.3 is 5.97 Å². The van der Waals surface area contributed by atoms with Crippen molar-refractivity contribution >= 4 is 33.2 Å². The van der Waals surface area contributed by atoms with Crippen LogP contribution in [0.1, 0.15) is 15.4 Å². The van der Waals surface area contributed by atoms with E-state index < -0.39 is 5.97 Å². The first-order valence-electron chi connectivity index (χ1n) is 3.84. The maximum absolute atomic E-state index is 10.8. The van der Waals surface area contributed by atoms with Crippen LogP contribution < -0.4 is 5.73 Å². The van der Waals surface area contributed by atoms with Crippen LogP contribution in [0.3, 0.4) is 0 Å². The van der Waals surface area contributed by atoms with Crippen molar-refractivity contribution in [1.29, 1.82) is 0 Å². The summed E-state index contributed by atoms with van der Waals surface area (Å²) in [5, 5.41) is 9.49. The first kappa shape index (κ1) is 8.89. The molecule has 5 nitrogen and oxygen atoms in total. The second kappa shape index (κ2) is 2.91. The minimum atomic E-state index is -1.02. The molecule has 0 saturated carbocycles. The molecule has 0 bridgehead atoms. The predicted molar refractivity (Wildman–Crippen MR) is 53.5 cm³/mol. The molecule has 3 N–H and O–H groups in total. The van der Waals surface area contributed by atoms with Gasteiger partial charge in [-0.25, -0.2) is 14.8 Å². The van der Waals surface area contributed by atoms with Gasteiger partial charge in [0.15, 0.2) is 0 Å². The van der Waals surface area contributed by atoms with E-state index in [1.807, 2.05) is 0 Å². The van der Waals surface area contributed by atoms with E-state index in [9.17, 15) is 4.79 Å². The molecule has 14 heavy (non-hydrogen) atoms. The average Bonchev–Trinajstić information content (AvgIpc) is 2.45. The highest BCUT2D eigenvalue weighted by Gasteiger charge is 2.17. The van der Waals surface area contributed by atoms with Crippen molar-refractivity contribution in [2.24, 2.45) is 0 Å². The molecule has 2 aromatic rings. The van der Waals surface area contributed by atoms with Gasteiger partial charge in [-0.15, -0.1) is 11.3 Å². The quantitative estimate of drug-likeness (QED) is 0.738. The minimum Gasteiger partial charge on any atom is -0.477 e. The van der Waals surface area contributed by atoms with E-state index in [1.165, 1.54) is 6.33 Å². The van der Waals surface area contributed by atoms with Crippen molar-refractivity contribution in [3.8, 4) is 0 Å². The SMILES string of the molecule is Cc1ncnc2sc(C(=O)O)c(N)c12. The van der Waals surface area contributed by atoms with Gasteiger partial charge in [-0.2, -0.15) is 0 Å². The highest BCUT2D eigenvalue weighted by Crippen LogP contribution is 2.33. The third kappa shape index (κ3) is 1.12. The van der Waals surface area contributed by atoms with Gasteiger partial charge in [0.2, 0.25) is 0 Å². The Morgan fingerprint density at radius 2 is 2.29 bits per heavy atom. The Morgan fingerprint density at radius 3 is 2.86 bits per heavy atom. The maximum atomic E-state index is 10.8. The molecule has 72 valence electrons. The molecule has 0 atom stereocenters. The number of nitrogens with zero attached hydrogens (tertiary/aromatic N) is 2. The fourth-order valence-electron chi connectivity index (χ4n) is 1.26. The second-order valence-corrected chi connectivity index (χ2v) is 3.79. The lowest BCUT2D eigenvalue weighted by atomic mass is 10.2. The lowest BCUT2D eigenvalue weighted by Gasteiger charge is -1.94.